The highest BCUT2D eigenvalue weighted by Crippen LogP contribution is 2.26. The Morgan fingerprint density at radius 3 is 2.89 bits per heavy atom. The highest BCUT2D eigenvalue weighted by atomic mass is 35.5. The van der Waals surface area contributed by atoms with Gasteiger partial charge in [-0.2, -0.15) is 0 Å². The molecule has 0 amide bonds. The summed E-state index contributed by atoms with van der Waals surface area (Å²) in [5.74, 6) is 1.69. The molecule has 5 heteroatoms. The number of furan rings is 1. The molecule has 4 nitrogen and oxygen atoms in total. The lowest BCUT2D eigenvalue weighted by Crippen LogP contribution is -2.15. The minimum Gasteiger partial charge on any atom is -0.464 e. The van der Waals surface area contributed by atoms with Crippen molar-refractivity contribution in [1.29, 1.82) is 0 Å². The summed E-state index contributed by atoms with van der Waals surface area (Å²) in [7, 11) is 1.65. The molecule has 0 aliphatic rings. The van der Waals surface area contributed by atoms with Crippen molar-refractivity contribution in [2.75, 3.05) is 19.0 Å². The zero-order chi connectivity index (χ0) is 13.0. The molecule has 1 atom stereocenters. The Hall–Kier alpha value is -1.52. The molecule has 0 radical (unpaired) electrons. The van der Waals surface area contributed by atoms with Crippen molar-refractivity contribution in [2.24, 2.45) is 0 Å². The normalized spacial score (nSPS) is 12.4. The van der Waals surface area contributed by atoms with Crippen LogP contribution in [0.3, 0.4) is 0 Å². The Balaban J connectivity index is 2.19. The molecular weight excluding hydrogens is 252 g/mol. The third kappa shape index (κ3) is 3.03. The summed E-state index contributed by atoms with van der Waals surface area (Å²) in [6.07, 6.45) is 3.28. The first-order chi connectivity index (χ1) is 8.70. The number of halogens is 1. The number of ether oxygens (including phenoxy) is 1. The quantitative estimate of drug-likeness (QED) is 0.901. The molecule has 96 valence electrons. The van der Waals surface area contributed by atoms with E-state index in [0.717, 1.165) is 17.2 Å². The summed E-state index contributed by atoms with van der Waals surface area (Å²) in [5, 5.41) is 3.86. The molecule has 2 rings (SSSR count). The first-order valence-corrected chi connectivity index (χ1v) is 6.00. The van der Waals surface area contributed by atoms with Gasteiger partial charge < -0.3 is 14.5 Å². The second-order valence-corrected chi connectivity index (χ2v) is 4.36. The zero-order valence-corrected chi connectivity index (χ0v) is 11.1. The van der Waals surface area contributed by atoms with Gasteiger partial charge in [-0.15, -0.1) is 0 Å². The van der Waals surface area contributed by atoms with Crippen molar-refractivity contribution in [3.63, 3.8) is 0 Å². The smallest absolute Gasteiger partial charge is 0.128 e. The number of nitrogens with zero attached hydrogens (tertiary/aromatic N) is 1. The summed E-state index contributed by atoms with van der Waals surface area (Å²) in [6.45, 7) is 2.40. The molecule has 0 bridgehead atoms. The lowest BCUT2D eigenvalue weighted by molar-refractivity contribution is 0.178. The van der Waals surface area contributed by atoms with Crippen molar-refractivity contribution in [3.8, 4) is 0 Å². The van der Waals surface area contributed by atoms with Crippen LogP contribution < -0.4 is 5.32 Å². The number of rotatable bonds is 5. The number of methoxy groups -OCH3 is 1. The molecule has 0 spiro atoms. The van der Waals surface area contributed by atoms with Crippen LogP contribution in [-0.4, -0.2) is 18.7 Å². The maximum Gasteiger partial charge on any atom is 0.128 e. The van der Waals surface area contributed by atoms with Crippen molar-refractivity contribution < 1.29 is 9.15 Å². The summed E-state index contributed by atoms with van der Waals surface area (Å²) in [5.41, 5.74) is 0.808. The standard InChI is InChI=1S/C13H15ClN2O2/c1-9-3-4-13(18-9)12(8-17-2)16-11-5-6-15-7-10(11)14/h3-7,12H,8H2,1-2H3,(H,15,16)/t12-/m1/s1. The number of aromatic nitrogens is 1. The van der Waals surface area contributed by atoms with Gasteiger partial charge in [0.15, 0.2) is 0 Å². The minimum absolute atomic E-state index is 0.0800. The van der Waals surface area contributed by atoms with Gasteiger partial charge in [0.05, 0.1) is 17.3 Å². The minimum atomic E-state index is -0.0800. The van der Waals surface area contributed by atoms with E-state index >= 15 is 0 Å². The van der Waals surface area contributed by atoms with E-state index in [9.17, 15) is 0 Å². The van der Waals surface area contributed by atoms with Gasteiger partial charge in [-0.1, -0.05) is 11.6 Å². The molecule has 18 heavy (non-hydrogen) atoms. The first-order valence-electron chi connectivity index (χ1n) is 5.62. The number of pyridine rings is 1. The van der Waals surface area contributed by atoms with Crippen molar-refractivity contribution in [2.45, 2.75) is 13.0 Å². The lowest BCUT2D eigenvalue weighted by Gasteiger charge is -2.17. The van der Waals surface area contributed by atoms with Crippen LogP contribution in [0.4, 0.5) is 5.69 Å². The van der Waals surface area contributed by atoms with E-state index in [1.54, 1.807) is 19.5 Å². The third-order valence-corrected chi connectivity index (χ3v) is 2.84. The molecule has 0 aliphatic carbocycles. The van der Waals surface area contributed by atoms with E-state index in [1.165, 1.54) is 0 Å². The number of anilines is 1. The van der Waals surface area contributed by atoms with Crippen LogP contribution in [0.15, 0.2) is 35.0 Å². The Labute approximate surface area is 111 Å². The SMILES string of the molecule is COC[C@@H](Nc1ccncc1Cl)c1ccc(C)o1. The molecule has 0 fully saturated rings. The van der Waals surface area contributed by atoms with Crippen LogP contribution in [0.25, 0.3) is 0 Å². The number of hydrogen-bond donors (Lipinski definition) is 1. The molecule has 0 saturated heterocycles. The Morgan fingerprint density at radius 1 is 1.44 bits per heavy atom. The van der Waals surface area contributed by atoms with Gasteiger partial charge in [-0.05, 0) is 25.1 Å². The molecular formula is C13H15ClN2O2. The molecule has 0 aliphatic heterocycles. The van der Waals surface area contributed by atoms with E-state index in [1.807, 2.05) is 25.1 Å². The van der Waals surface area contributed by atoms with Gasteiger partial charge in [0.25, 0.3) is 0 Å². The Morgan fingerprint density at radius 2 is 2.28 bits per heavy atom. The largest absolute Gasteiger partial charge is 0.464 e. The Bertz CT molecular complexity index is 513. The average Bonchev–Trinajstić information content (AvgIpc) is 2.78. The maximum atomic E-state index is 6.06. The fourth-order valence-electron chi connectivity index (χ4n) is 1.68. The van der Waals surface area contributed by atoms with Gasteiger partial charge in [-0.25, -0.2) is 0 Å². The Kier molecular flexibility index (Phi) is 4.23. The predicted octanol–water partition coefficient (Wildman–Crippen LogP) is 3.44. The van der Waals surface area contributed by atoms with E-state index < -0.39 is 0 Å². The molecule has 0 unspecified atom stereocenters. The fraction of sp³-hybridized carbons (Fsp3) is 0.308. The van der Waals surface area contributed by atoms with E-state index in [4.69, 9.17) is 20.8 Å². The number of hydrogen-bond acceptors (Lipinski definition) is 4. The maximum absolute atomic E-state index is 6.06. The second kappa shape index (κ2) is 5.89. The molecule has 1 N–H and O–H groups in total. The summed E-state index contributed by atoms with van der Waals surface area (Å²) < 4.78 is 10.8. The fourth-order valence-corrected chi connectivity index (χ4v) is 1.86. The van der Waals surface area contributed by atoms with Crippen LogP contribution >= 0.6 is 11.6 Å². The van der Waals surface area contributed by atoms with Crippen molar-refractivity contribution >= 4 is 17.3 Å². The van der Waals surface area contributed by atoms with E-state index in [2.05, 4.69) is 10.3 Å². The second-order valence-electron chi connectivity index (χ2n) is 3.96. The lowest BCUT2D eigenvalue weighted by atomic mass is 10.2. The van der Waals surface area contributed by atoms with Crippen LogP contribution in [0.5, 0.6) is 0 Å². The third-order valence-electron chi connectivity index (χ3n) is 2.54. The van der Waals surface area contributed by atoms with Gasteiger partial charge in [0.2, 0.25) is 0 Å². The molecule has 2 aromatic rings. The van der Waals surface area contributed by atoms with Crippen LogP contribution in [-0.2, 0) is 4.74 Å². The van der Waals surface area contributed by atoms with Crippen LogP contribution in [0.2, 0.25) is 5.02 Å². The van der Waals surface area contributed by atoms with Gasteiger partial charge in [0.1, 0.15) is 17.6 Å². The van der Waals surface area contributed by atoms with Gasteiger partial charge in [-0.3, -0.25) is 4.98 Å². The predicted molar refractivity (Wildman–Crippen MR) is 70.9 cm³/mol. The summed E-state index contributed by atoms with van der Waals surface area (Å²) in [4.78, 5) is 3.95. The average molecular weight is 267 g/mol. The first kappa shape index (κ1) is 12.9. The van der Waals surface area contributed by atoms with Gasteiger partial charge in [0, 0.05) is 19.5 Å². The molecule has 2 aromatic heterocycles. The van der Waals surface area contributed by atoms with Crippen molar-refractivity contribution in [1.82, 2.24) is 4.98 Å². The summed E-state index contributed by atoms with van der Waals surface area (Å²) in [6, 6.07) is 5.60. The van der Waals surface area contributed by atoms with Crippen LogP contribution in [0, 0.1) is 6.92 Å². The molecule has 2 heterocycles. The molecule has 0 aromatic carbocycles. The number of nitrogens with one attached hydrogen (secondary N) is 1. The highest BCUT2D eigenvalue weighted by Gasteiger charge is 2.16. The topological polar surface area (TPSA) is 47.3 Å². The van der Waals surface area contributed by atoms with E-state index in [-0.39, 0.29) is 6.04 Å². The zero-order valence-electron chi connectivity index (χ0n) is 10.3. The monoisotopic (exact) mass is 266 g/mol. The van der Waals surface area contributed by atoms with E-state index in [0.29, 0.717) is 11.6 Å². The summed E-state index contributed by atoms with van der Waals surface area (Å²) >= 11 is 6.06. The molecule has 0 saturated carbocycles. The van der Waals surface area contributed by atoms with Gasteiger partial charge >= 0.3 is 0 Å². The highest BCUT2D eigenvalue weighted by molar-refractivity contribution is 6.33. The van der Waals surface area contributed by atoms with Crippen LogP contribution in [0.1, 0.15) is 17.6 Å². The number of aryl methyl sites for hydroxylation is 1. The van der Waals surface area contributed by atoms with Crippen molar-refractivity contribution in [3.05, 3.63) is 47.1 Å².